The highest BCUT2D eigenvalue weighted by atomic mass is 16.4. The third-order valence-corrected chi connectivity index (χ3v) is 2.35. The Morgan fingerprint density at radius 1 is 1.25 bits per heavy atom. The number of hydrogen-bond donors (Lipinski definition) is 4. The quantitative estimate of drug-likeness (QED) is 0.427. The second-order valence-corrected chi connectivity index (χ2v) is 3.35. The molecule has 0 spiro atoms. The highest BCUT2D eigenvalue weighted by Gasteiger charge is 2.35. The summed E-state index contributed by atoms with van der Waals surface area (Å²) in [6, 6.07) is -0.0756. The first-order valence-electron chi connectivity index (χ1n) is 4.44. The Hall–Kier alpha value is -0.160. The second kappa shape index (κ2) is 4.18. The van der Waals surface area contributed by atoms with Crippen LogP contribution in [-0.4, -0.2) is 46.2 Å². The van der Waals surface area contributed by atoms with E-state index in [1.165, 1.54) is 0 Å². The van der Waals surface area contributed by atoms with Crippen molar-refractivity contribution in [1.29, 1.82) is 0 Å². The Bertz CT molecular complexity index is 142. The molecule has 0 aliphatic carbocycles. The van der Waals surface area contributed by atoms with Gasteiger partial charge in [-0.05, 0) is 6.42 Å². The Labute approximate surface area is 72.2 Å². The number of aliphatic hydroxyl groups excluding tert-OH is 3. The van der Waals surface area contributed by atoms with Crippen LogP contribution in [0.25, 0.3) is 0 Å². The zero-order valence-corrected chi connectivity index (χ0v) is 7.27. The summed E-state index contributed by atoms with van der Waals surface area (Å²) in [5.74, 6) is 0. The second-order valence-electron chi connectivity index (χ2n) is 3.35. The third kappa shape index (κ3) is 1.95. The van der Waals surface area contributed by atoms with Gasteiger partial charge in [0.2, 0.25) is 0 Å². The molecule has 0 amide bonds. The summed E-state index contributed by atoms with van der Waals surface area (Å²) in [7, 11) is 0. The van der Waals surface area contributed by atoms with Gasteiger partial charge in [-0.3, -0.25) is 0 Å². The van der Waals surface area contributed by atoms with E-state index in [2.05, 4.69) is 5.32 Å². The molecule has 4 N–H and O–H groups in total. The van der Waals surface area contributed by atoms with Crippen molar-refractivity contribution in [2.24, 2.45) is 0 Å². The molecule has 72 valence electrons. The van der Waals surface area contributed by atoms with Crippen LogP contribution in [0.1, 0.15) is 19.8 Å². The standard InChI is InChI=1S/C8H17NO3/c1-2-3-5-7(11)8(12)6(10)4-9-5/h5-12H,2-4H2,1H3/t5-,6+,7-,8-/m1/s1. The summed E-state index contributed by atoms with van der Waals surface area (Å²) in [6.07, 6.45) is -0.896. The van der Waals surface area contributed by atoms with Gasteiger partial charge in [-0.25, -0.2) is 0 Å². The molecule has 4 atom stereocenters. The van der Waals surface area contributed by atoms with Crippen molar-refractivity contribution < 1.29 is 15.3 Å². The molecule has 0 radical (unpaired) electrons. The van der Waals surface area contributed by atoms with Crippen molar-refractivity contribution in [2.45, 2.75) is 44.1 Å². The third-order valence-electron chi connectivity index (χ3n) is 2.35. The molecule has 4 heteroatoms. The summed E-state index contributed by atoms with van der Waals surface area (Å²) in [6.45, 7) is 2.38. The molecule has 1 fully saturated rings. The van der Waals surface area contributed by atoms with Crippen molar-refractivity contribution >= 4 is 0 Å². The van der Waals surface area contributed by atoms with Gasteiger partial charge in [0, 0.05) is 12.6 Å². The smallest absolute Gasteiger partial charge is 0.108 e. The molecule has 0 unspecified atom stereocenters. The van der Waals surface area contributed by atoms with Gasteiger partial charge in [0.1, 0.15) is 6.10 Å². The molecule has 0 saturated carbocycles. The molecule has 4 nitrogen and oxygen atoms in total. The lowest BCUT2D eigenvalue weighted by atomic mass is 9.93. The van der Waals surface area contributed by atoms with Gasteiger partial charge >= 0.3 is 0 Å². The molecule has 1 aliphatic rings. The number of aliphatic hydroxyl groups is 3. The molecular weight excluding hydrogens is 158 g/mol. The minimum absolute atomic E-state index is 0.0756. The lowest BCUT2D eigenvalue weighted by molar-refractivity contribution is -0.0950. The lowest BCUT2D eigenvalue weighted by Gasteiger charge is -2.36. The lowest BCUT2D eigenvalue weighted by Crippen LogP contribution is -2.59. The Balaban J connectivity index is 2.46. The number of β-amino-alcohol motifs (C(OH)–C–C–N with tert-alkyl or cyclic N) is 1. The summed E-state index contributed by atoms with van der Waals surface area (Å²) in [5, 5.41) is 30.9. The fraction of sp³-hybridized carbons (Fsp3) is 1.00. The Morgan fingerprint density at radius 2 is 1.92 bits per heavy atom. The van der Waals surface area contributed by atoms with Crippen LogP contribution >= 0.6 is 0 Å². The van der Waals surface area contributed by atoms with E-state index in [0.29, 0.717) is 6.54 Å². The van der Waals surface area contributed by atoms with Crippen LogP contribution in [0.5, 0.6) is 0 Å². The van der Waals surface area contributed by atoms with E-state index >= 15 is 0 Å². The van der Waals surface area contributed by atoms with Gasteiger partial charge < -0.3 is 20.6 Å². The minimum atomic E-state index is -0.997. The molecule has 12 heavy (non-hydrogen) atoms. The minimum Gasteiger partial charge on any atom is -0.389 e. The summed E-state index contributed by atoms with van der Waals surface area (Å²) in [4.78, 5) is 0. The SMILES string of the molecule is CCC[C@H]1NC[C@H](O)[C@@H](O)[C@@H]1O. The average molecular weight is 175 g/mol. The zero-order chi connectivity index (χ0) is 9.14. The number of nitrogens with one attached hydrogen (secondary N) is 1. The van der Waals surface area contributed by atoms with Crippen LogP contribution in [0, 0.1) is 0 Å². The van der Waals surface area contributed by atoms with Crippen LogP contribution < -0.4 is 5.32 Å². The van der Waals surface area contributed by atoms with Gasteiger partial charge in [0.15, 0.2) is 0 Å². The van der Waals surface area contributed by atoms with Crippen molar-refractivity contribution in [3.63, 3.8) is 0 Å². The molecule has 0 aromatic carbocycles. The van der Waals surface area contributed by atoms with E-state index in [9.17, 15) is 10.2 Å². The van der Waals surface area contributed by atoms with Crippen LogP contribution in [0.4, 0.5) is 0 Å². The number of hydrogen-bond acceptors (Lipinski definition) is 4. The van der Waals surface area contributed by atoms with Crippen molar-refractivity contribution in [1.82, 2.24) is 5.32 Å². The van der Waals surface area contributed by atoms with Gasteiger partial charge in [-0.1, -0.05) is 13.3 Å². The highest BCUT2D eigenvalue weighted by Crippen LogP contribution is 2.13. The molecule has 1 aliphatic heterocycles. The van der Waals surface area contributed by atoms with Crippen LogP contribution in [0.3, 0.4) is 0 Å². The maximum Gasteiger partial charge on any atom is 0.108 e. The van der Waals surface area contributed by atoms with E-state index in [4.69, 9.17) is 5.11 Å². The average Bonchev–Trinajstić information content (AvgIpc) is 2.07. The van der Waals surface area contributed by atoms with Crippen molar-refractivity contribution in [3.8, 4) is 0 Å². The molecular formula is C8H17NO3. The Morgan fingerprint density at radius 3 is 2.50 bits per heavy atom. The van der Waals surface area contributed by atoms with Gasteiger partial charge in [0.05, 0.1) is 12.2 Å². The van der Waals surface area contributed by atoms with Crippen LogP contribution in [0.15, 0.2) is 0 Å². The topological polar surface area (TPSA) is 72.7 Å². The van der Waals surface area contributed by atoms with Crippen LogP contribution in [-0.2, 0) is 0 Å². The zero-order valence-electron chi connectivity index (χ0n) is 7.27. The van der Waals surface area contributed by atoms with E-state index in [-0.39, 0.29) is 6.04 Å². The monoisotopic (exact) mass is 175 g/mol. The molecule has 0 bridgehead atoms. The maximum absolute atomic E-state index is 9.47. The predicted octanol–water partition coefficient (Wildman–Crippen LogP) is -1.16. The first-order valence-corrected chi connectivity index (χ1v) is 4.44. The summed E-state index contributed by atoms with van der Waals surface area (Å²) >= 11 is 0. The first-order chi connectivity index (χ1) is 5.66. The van der Waals surface area contributed by atoms with E-state index < -0.39 is 18.3 Å². The highest BCUT2D eigenvalue weighted by molar-refractivity contribution is 4.91. The molecule has 0 aromatic heterocycles. The first kappa shape index (κ1) is 9.92. The molecule has 1 saturated heterocycles. The van der Waals surface area contributed by atoms with Gasteiger partial charge in [-0.2, -0.15) is 0 Å². The van der Waals surface area contributed by atoms with Crippen molar-refractivity contribution in [2.75, 3.05) is 6.54 Å². The van der Waals surface area contributed by atoms with Crippen molar-refractivity contribution in [3.05, 3.63) is 0 Å². The van der Waals surface area contributed by atoms with Gasteiger partial charge in [0.25, 0.3) is 0 Å². The molecule has 1 rings (SSSR count). The summed E-state index contributed by atoms with van der Waals surface area (Å²) < 4.78 is 0. The fourth-order valence-corrected chi connectivity index (χ4v) is 1.56. The predicted molar refractivity (Wildman–Crippen MR) is 44.7 cm³/mol. The normalized spacial score (nSPS) is 43.0. The maximum atomic E-state index is 9.47. The van der Waals surface area contributed by atoms with Crippen LogP contribution in [0.2, 0.25) is 0 Å². The molecule has 0 aromatic rings. The summed E-state index contributed by atoms with van der Waals surface area (Å²) in [5.41, 5.74) is 0. The number of piperidine rings is 1. The van der Waals surface area contributed by atoms with Gasteiger partial charge in [-0.15, -0.1) is 0 Å². The largest absolute Gasteiger partial charge is 0.389 e. The van der Waals surface area contributed by atoms with E-state index in [1.807, 2.05) is 6.92 Å². The number of rotatable bonds is 2. The molecule has 1 heterocycles. The Kier molecular flexibility index (Phi) is 3.46. The van der Waals surface area contributed by atoms with E-state index in [0.717, 1.165) is 12.8 Å². The van der Waals surface area contributed by atoms with E-state index in [1.54, 1.807) is 0 Å². The fourth-order valence-electron chi connectivity index (χ4n) is 1.56.